The van der Waals surface area contributed by atoms with Gasteiger partial charge in [0.2, 0.25) is 0 Å². The highest BCUT2D eigenvalue weighted by Crippen LogP contribution is 2.48. The van der Waals surface area contributed by atoms with Crippen LogP contribution in [0.15, 0.2) is 46.9 Å². The minimum absolute atomic E-state index is 0.271. The summed E-state index contributed by atoms with van der Waals surface area (Å²) in [6.45, 7) is 4.61. The van der Waals surface area contributed by atoms with Crippen LogP contribution in [-0.4, -0.2) is 22.5 Å². The molecule has 134 valence electrons. The number of aromatic amines is 1. The number of H-pyrrole nitrogens is 1. The number of aliphatic hydroxyl groups is 1. The molecule has 1 amide bonds. The summed E-state index contributed by atoms with van der Waals surface area (Å²) in [6.07, 6.45) is 1.88. The van der Waals surface area contributed by atoms with Gasteiger partial charge >= 0.3 is 0 Å². The van der Waals surface area contributed by atoms with E-state index in [0.29, 0.717) is 17.7 Å². The Morgan fingerprint density at radius 1 is 1.23 bits per heavy atom. The molecule has 0 radical (unpaired) electrons. The molecule has 2 heterocycles. The highest BCUT2D eigenvalue weighted by molar-refractivity contribution is 9.10. The molecule has 3 aromatic rings. The van der Waals surface area contributed by atoms with Gasteiger partial charge in [-0.2, -0.15) is 0 Å². The van der Waals surface area contributed by atoms with Crippen LogP contribution in [0.2, 0.25) is 0 Å². The van der Waals surface area contributed by atoms with E-state index in [9.17, 15) is 9.90 Å². The molecular formula is C21H21BrN2O2. The average Bonchev–Trinajstić information content (AvgIpc) is 3.07. The molecule has 26 heavy (non-hydrogen) atoms. The number of hydrogen-bond acceptors (Lipinski definition) is 2. The van der Waals surface area contributed by atoms with Crippen LogP contribution < -0.4 is 4.90 Å². The van der Waals surface area contributed by atoms with E-state index in [2.05, 4.69) is 27.8 Å². The van der Waals surface area contributed by atoms with Gasteiger partial charge in [-0.15, -0.1) is 0 Å². The van der Waals surface area contributed by atoms with Crippen LogP contribution in [0.4, 0.5) is 5.69 Å². The molecule has 1 aliphatic heterocycles. The zero-order valence-electron chi connectivity index (χ0n) is 14.8. The topological polar surface area (TPSA) is 56.3 Å². The van der Waals surface area contributed by atoms with Crippen molar-refractivity contribution in [3.63, 3.8) is 0 Å². The lowest BCUT2D eigenvalue weighted by Gasteiger charge is -2.24. The summed E-state index contributed by atoms with van der Waals surface area (Å²) in [6, 6.07) is 13.5. The Hall–Kier alpha value is -2.11. The first kappa shape index (κ1) is 17.3. The van der Waals surface area contributed by atoms with Gasteiger partial charge in [-0.25, -0.2) is 0 Å². The van der Waals surface area contributed by atoms with Crippen LogP contribution in [0.5, 0.6) is 0 Å². The lowest BCUT2D eigenvalue weighted by molar-refractivity contribution is -0.132. The van der Waals surface area contributed by atoms with E-state index in [1.54, 1.807) is 4.90 Å². The van der Waals surface area contributed by atoms with Crippen LogP contribution in [0.1, 0.15) is 36.6 Å². The van der Waals surface area contributed by atoms with Gasteiger partial charge in [0.1, 0.15) is 0 Å². The van der Waals surface area contributed by atoms with E-state index >= 15 is 0 Å². The van der Waals surface area contributed by atoms with Crippen LogP contribution in [0, 0.1) is 6.92 Å². The molecule has 0 spiro atoms. The molecule has 2 N–H and O–H groups in total. The summed E-state index contributed by atoms with van der Waals surface area (Å²) in [4.78, 5) is 18.5. The Bertz CT molecular complexity index is 1010. The normalized spacial score (nSPS) is 19.4. The van der Waals surface area contributed by atoms with Crippen molar-refractivity contribution in [3.05, 3.63) is 63.8 Å². The van der Waals surface area contributed by atoms with E-state index in [1.807, 2.05) is 49.4 Å². The lowest BCUT2D eigenvalue weighted by Crippen LogP contribution is -2.41. The van der Waals surface area contributed by atoms with Crippen LogP contribution in [0.3, 0.4) is 0 Å². The Labute approximate surface area is 161 Å². The third kappa shape index (κ3) is 2.34. The number of benzene rings is 2. The van der Waals surface area contributed by atoms with Crippen molar-refractivity contribution >= 4 is 38.4 Å². The lowest BCUT2D eigenvalue weighted by atomic mass is 9.85. The van der Waals surface area contributed by atoms with E-state index in [1.165, 1.54) is 0 Å². The quantitative estimate of drug-likeness (QED) is 0.656. The van der Waals surface area contributed by atoms with Gasteiger partial charge in [0.15, 0.2) is 5.60 Å². The molecule has 2 aromatic carbocycles. The van der Waals surface area contributed by atoms with Crippen LogP contribution >= 0.6 is 15.9 Å². The average molecular weight is 413 g/mol. The fraction of sp³-hybridized carbons (Fsp3) is 0.286. The maximum Gasteiger partial charge on any atom is 0.268 e. The van der Waals surface area contributed by atoms with Gasteiger partial charge in [0, 0.05) is 38.7 Å². The SMILES string of the molecule is CCCCN1C(=O)[C@@](O)(c2c(C)[nH]c3ccccc23)c2cc(Br)ccc21. The fourth-order valence-corrected chi connectivity index (χ4v) is 4.34. The number of aromatic nitrogens is 1. The maximum atomic E-state index is 13.4. The second kappa shape index (κ2) is 6.25. The minimum Gasteiger partial charge on any atom is -0.372 e. The predicted molar refractivity (Wildman–Crippen MR) is 107 cm³/mol. The number of carbonyl (C=O) groups excluding carboxylic acids is 1. The first-order valence-electron chi connectivity index (χ1n) is 8.90. The number of halogens is 1. The van der Waals surface area contributed by atoms with Crippen molar-refractivity contribution in [3.8, 4) is 0 Å². The van der Waals surface area contributed by atoms with Crippen LogP contribution in [-0.2, 0) is 10.4 Å². The maximum absolute atomic E-state index is 13.4. The molecule has 0 aliphatic carbocycles. The number of fused-ring (bicyclic) bond motifs is 2. The van der Waals surface area contributed by atoms with E-state index in [0.717, 1.165) is 39.6 Å². The number of nitrogens with zero attached hydrogens (tertiary/aromatic N) is 1. The number of para-hydroxylation sites is 1. The number of unbranched alkanes of at least 4 members (excludes halogenated alkanes) is 1. The second-order valence-corrected chi connectivity index (χ2v) is 7.77. The van der Waals surface area contributed by atoms with Gasteiger partial charge in [-0.1, -0.05) is 47.5 Å². The van der Waals surface area contributed by atoms with E-state index in [4.69, 9.17) is 0 Å². The molecule has 0 unspecified atom stereocenters. The Morgan fingerprint density at radius 3 is 2.77 bits per heavy atom. The number of aryl methyl sites for hydroxylation is 1. The summed E-state index contributed by atoms with van der Waals surface area (Å²) in [5.41, 5.74) is 2.13. The largest absolute Gasteiger partial charge is 0.372 e. The third-order valence-electron chi connectivity index (χ3n) is 5.18. The number of rotatable bonds is 4. The van der Waals surface area contributed by atoms with Crippen molar-refractivity contribution in [1.82, 2.24) is 4.98 Å². The van der Waals surface area contributed by atoms with Crippen molar-refractivity contribution in [2.45, 2.75) is 32.3 Å². The van der Waals surface area contributed by atoms with Gasteiger partial charge in [-0.05, 0) is 37.6 Å². The Balaban J connectivity index is 1.99. The number of nitrogens with one attached hydrogen (secondary N) is 1. The predicted octanol–water partition coefficient (Wildman–Crippen LogP) is 4.62. The van der Waals surface area contributed by atoms with Crippen molar-refractivity contribution in [1.29, 1.82) is 0 Å². The molecule has 1 aliphatic rings. The van der Waals surface area contributed by atoms with Gasteiger partial charge in [0.05, 0.1) is 5.69 Å². The summed E-state index contributed by atoms with van der Waals surface area (Å²) in [5.74, 6) is -0.271. The molecule has 1 atom stereocenters. The third-order valence-corrected chi connectivity index (χ3v) is 5.68. The molecule has 0 saturated carbocycles. The second-order valence-electron chi connectivity index (χ2n) is 6.85. The Kier molecular flexibility index (Phi) is 4.16. The number of hydrogen-bond donors (Lipinski definition) is 2. The minimum atomic E-state index is -1.68. The number of amides is 1. The molecule has 5 heteroatoms. The van der Waals surface area contributed by atoms with E-state index < -0.39 is 5.60 Å². The highest BCUT2D eigenvalue weighted by Gasteiger charge is 2.52. The number of carbonyl (C=O) groups is 1. The summed E-state index contributed by atoms with van der Waals surface area (Å²) in [5, 5.41) is 12.7. The first-order chi connectivity index (χ1) is 12.5. The summed E-state index contributed by atoms with van der Waals surface area (Å²) < 4.78 is 0.845. The van der Waals surface area contributed by atoms with Crippen LogP contribution in [0.25, 0.3) is 10.9 Å². The molecule has 4 nitrogen and oxygen atoms in total. The first-order valence-corrected chi connectivity index (χ1v) is 9.70. The standard InChI is InChI=1S/C21H21BrN2O2/c1-3-4-11-24-18-10-9-14(22)12-16(18)21(26,20(24)25)19-13(2)23-17-8-6-5-7-15(17)19/h5-10,12,23,26H,3-4,11H2,1-2H3/t21-/m0/s1. The Morgan fingerprint density at radius 2 is 2.00 bits per heavy atom. The van der Waals surface area contributed by atoms with Gasteiger partial charge in [-0.3, -0.25) is 4.79 Å². The van der Waals surface area contributed by atoms with Gasteiger partial charge < -0.3 is 15.0 Å². The summed E-state index contributed by atoms with van der Waals surface area (Å²) in [7, 11) is 0. The molecule has 0 saturated heterocycles. The molecule has 0 fully saturated rings. The zero-order valence-corrected chi connectivity index (χ0v) is 16.4. The van der Waals surface area contributed by atoms with Crippen molar-refractivity contribution < 1.29 is 9.90 Å². The van der Waals surface area contributed by atoms with Crippen molar-refractivity contribution in [2.75, 3.05) is 11.4 Å². The number of anilines is 1. The summed E-state index contributed by atoms with van der Waals surface area (Å²) >= 11 is 3.49. The monoisotopic (exact) mass is 412 g/mol. The van der Waals surface area contributed by atoms with Crippen molar-refractivity contribution in [2.24, 2.45) is 0 Å². The molecular weight excluding hydrogens is 392 g/mol. The zero-order chi connectivity index (χ0) is 18.5. The van der Waals surface area contributed by atoms with E-state index in [-0.39, 0.29) is 5.91 Å². The molecule has 1 aromatic heterocycles. The smallest absolute Gasteiger partial charge is 0.268 e. The molecule has 0 bridgehead atoms. The highest BCUT2D eigenvalue weighted by atomic mass is 79.9. The fourth-order valence-electron chi connectivity index (χ4n) is 3.98. The molecule has 4 rings (SSSR count). The van der Waals surface area contributed by atoms with Gasteiger partial charge in [0.25, 0.3) is 5.91 Å².